The molecule has 0 fully saturated rings. The van der Waals surface area contributed by atoms with Crippen LogP contribution in [0, 0.1) is 0 Å². The molecule has 0 aliphatic carbocycles. The summed E-state index contributed by atoms with van der Waals surface area (Å²) >= 11 is 0. The standard InChI is InChI=1S/C5H12O6S2/c1-12(2,4-3-5(6)7)11-13(8,9)10/h3-4H2,1-2H3,(H,6,7)(H,8,9,10). The molecule has 0 saturated heterocycles. The van der Waals surface area contributed by atoms with Crippen molar-refractivity contribution < 1.29 is 26.5 Å². The first kappa shape index (κ1) is 12.7. The summed E-state index contributed by atoms with van der Waals surface area (Å²) in [6.45, 7) is 0. The topological polar surface area (TPSA) is 101 Å². The average molecular weight is 232 g/mol. The van der Waals surface area contributed by atoms with E-state index in [0.29, 0.717) is 0 Å². The van der Waals surface area contributed by atoms with Crippen molar-refractivity contribution >= 4 is 26.7 Å². The van der Waals surface area contributed by atoms with E-state index in [2.05, 4.69) is 3.63 Å². The first-order valence-corrected chi connectivity index (χ1v) is 7.14. The fraction of sp³-hybridized carbons (Fsp3) is 0.800. The van der Waals surface area contributed by atoms with E-state index in [9.17, 15) is 13.2 Å². The van der Waals surface area contributed by atoms with Crippen LogP contribution in [0.15, 0.2) is 0 Å². The molecule has 0 aromatic rings. The molecule has 0 aromatic heterocycles. The zero-order valence-corrected chi connectivity index (χ0v) is 8.89. The van der Waals surface area contributed by atoms with Crippen molar-refractivity contribution in [2.45, 2.75) is 6.42 Å². The van der Waals surface area contributed by atoms with Crippen molar-refractivity contribution in [1.82, 2.24) is 0 Å². The summed E-state index contributed by atoms with van der Waals surface area (Å²) in [4.78, 5) is 10.2. The Labute approximate surface area is 78.4 Å². The summed E-state index contributed by atoms with van der Waals surface area (Å²) in [5.74, 6) is -0.943. The largest absolute Gasteiger partial charge is 0.481 e. The molecule has 13 heavy (non-hydrogen) atoms. The van der Waals surface area contributed by atoms with E-state index in [0.717, 1.165) is 0 Å². The molecule has 6 nitrogen and oxygen atoms in total. The summed E-state index contributed by atoms with van der Waals surface area (Å²) < 4.78 is 33.3. The molecule has 0 atom stereocenters. The van der Waals surface area contributed by atoms with Crippen LogP contribution < -0.4 is 0 Å². The van der Waals surface area contributed by atoms with Crippen molar-refractivity contribution in [1.29, 1.82) is 0 Å². The predicted molar refractivity (Wildman–Crippen MR) is 49.2 cm³/mol. The quantitative estimate of drug-likeness (QED) is 0.659. The number of hydrogen-bond donors (Lipinski definition) is 2. The molecular formula is C5H12O6S2. The maximum atomic E-state index is 10.3. The minimum absolute atomic E-state index is 0.0854. The first-order chi connectivity index (χ1) is 5.62. The average Bonchev–Trinajstić information content (AvgIpc) is 1.78. The molecule has 0 aromatic carbocycles. The third-order valence-corrected chi connectivity index (χ3v) is 4.43. The highest BCUT2D eigenvalue weighted by atomic mass is 32.3. The van der Waals surface area contributed by atoms with Gasteiger partial charge in [0, 0.05) is 5.75 Å². The summed E-state index contributed by atoms with van der Waals surface area (Å²) in [6, 6.07) is 0. The van der Waals surface area contributed by atoms with Gasteiger partial charge in [0.15, 0.2) is 0 Å². The second-order valence-corrected chi connectivity index (χ2v) is 7.46. The number of carbonyl (C=O) groups is 1. The number of rotatable bonds is 5. The van der Waals surface area contributed by atoms with Gasteiger partial charge in [0.25, 0.3) is 0 Å². The molecule has 0 bridgehead atoms. The van der Waals surface area contributed by atoms with Gasteiger partial charge in [-0.15, -0.1) is 10.3 Å². The molecule has 0 radical (unpaired) electrons. The van der Waals surface area contributed by atoms with Crippen LogP contribution in [0.25, 0.3) is 0 Å². The van der Waals surface area contributed by atoms with Gasteiger partial charge >= 0.3 is 16.4 Å². The lowest BCUT2D eigenvalue weighted by Crippen LogP contribution is -2.13. The zero-order valence-electron chi connectivity index (χ0n) is 7.26. The Hall–Kier alpha value is -0.310. The van der Waals surface area contributed by atoms with Gasteiger partial charge < -0.3 is 5.11 Å². The Kier molecular flexibility index (Phi) is 4.17. The minimum atomic E-state index is -4.49. The van der Waals surface area contributed by atoms with Gasteiger partial charge in [-0.25, -0.2) is 0 Å². The molecule has 0 spiro atoms. The highest BCUT2D eigenvalue weighted by Gasteiger charge is 2.21. The number of hydrogen-bond acceptors (Lipinski definition) is 4. The summed E-state index contributed by atoms with van der Waals surface area (Å²) in [5.41, 5.74) is 0. The predicted octanol–water partition coefficient (Wildman–Crippen LogP) is 0.260. The highest BCUT2D eigenvalue weighted by Crippen LogP contribution is 2.42. The zero-order chi connectivity index (χ0) is 10.7. The van der Waals surface area contributed by atoms with Gasteiger partial charge in [-0.05, 0) is 12.5 Å². The highest BCUT2D eigenvalue weighted by molar-refractivity contribution is 8.31. The lowest BCUT2D eigenvalue weighted by atomic mass is 10.5. The number of aliphatic carboxylic acids is 1. The second kappa shape index (κ2) is 4.27. The van der Waals surface area contributed by atoms with Crippen molar-refractivity contribution in [3.8, 4) is 0 Å². The first-order valence-electron chi connectivity index (χ1n) is 3.24. The van der Waals surface area contributed by atoms with E-state index < -0.39 is 26.7 Å². The maximum Gasteiger partial charge on any atom is 0.406 e. The number of carboxylic acid groups (broad SMARTS) is 1. The maximum absolute atomic E-state index is 10.3. The minimum Gasteiger partial charge on any atom is -0.481 e. The van der Waals surface area contributed by atoms with Crippen molar-refractivity contribution in [3.05, 3.63) is 0 Å². The van der Waals surface area contributed by atoms with Gasteiger partial charge in [-0.2, -0.15) is 12.0 Å². The van der Waals surface area contributed by atoms with Crippen LogP contribution in [-0.4, -0.2) is 42.3 Å². The number of carboxylic acids is 1. The molecule has 0 heterocycles. The van der Waals surface area contributed by atoms with Crippen LogP contribution in [0.4, 0.5) is 0 Å². The lowest BCUT2D eigenvalue weighted by molar-refractivity contribution is -0.136. The van der Waals surface area contributed by atoms with E-state index in [1.807, 2.05) is 0 Å². The van der Waals surface area contributed by atoms with E-state index in [-0.39, 0.29) is 12.2 Å². The van der Waals surface area contributed by atoms with E-state index in [4.69, 9.17) is 9.66 Å². The summed E-state index contributed by atoms with van der Waals surface area (Å²) in [6.07, 6.45) is 2.74. The molecule has 0 aliphatic heterocycles. The van der Waals surface area contributed by atoms with Crippen LogP contribution in [0.5, 0.6) is 0 Å². The van der Waals surface area contributed by atoms with Crippen LogP contribution in [0.2, 0.25) is 0 Å². The smallest absolute Gasteiger partial charge is 0.406 e. The van der Waals surface area contributed by atoms with Gasteiger partial charge in [0.05, 0.1) is 6.42 Å². The van der Waals surface area contributed by atoms with Gasteiger partial charge in [0.1, 0.15) is 0 Å². The van der Waals surface area contributed by atoms with Crippen molar-refractivity contribution in [2.24, 2.45) is 0 Å². The fourth-order valence-electron chi connectivity index (χ4n) is 0.600. The summed E-state index contributed by atoms with van der Waals surface area (Å²) in [7, 11) is -6.54. The van der Waals surface area contributed by atoms with Gasteiger partial charge in [0.2, 0.25) is 0 Å². The van der Waals surface area contributed by atoms with Crippen LogP contribution in [-0.2, 0) is 18.8 Å². The van der Waals surface area contributed by atoms with Crippen LogP contribution >= 0.6 is 10.3 Å². The molecule has 0 unspecified atom stereocenters. The van der Waals surface area contributed by atoms with E-state index >= 15 is 0 Å². The Morgan fingerprint density at radius 3 is 2.15 bits per heavy atom. The molecule has 0 rings (SSSR count). The fourth-order valence-corrected chi connectivity index (χ4v) is 3.40. The Balaban J connectivity index is 4.17. The third kappa shape index (κ3) is 8.03. The Morgan fingerprint density at radius 1 is 1.38 bits per heavy atom. The Bertz CT molecular complexity index is 279. The van der Waals surface area contributed by atoms with E-state index in [1.165, 1.54) is 12.5 Å². The molecule has 80 valence electrons. The molecule has 0 amide bonds. The molecule has 0 aliphatic rings. The van der Waals surface area contributed by atoms with E-state index in [1.54, 1.807) is 0 Å². The molecule has 0 saturated carbocycles. The van der Waals surface area contributed by atoms with Gasteiger partial charge in [-0.3, -0.25) is 9.35 Å². The monoisotopic (exact) mass is 232 g/mol. The van der Waals surface area contributed by atoms with Crippen LogP contribution in [0.3, 0.4) is 0 Å². The van der Waals surface area contributed by atoms with Crippen molar-refractivity contribution in [3.63, 3.8) is 0 Å². The molecule has 8 heteroatoms. The van der Waals surface area contributed by atoms with Crippen molar-refractivity contribution in [2.75, 3.05) is 18.3 Å². The Morgan fingerprint density at radius 2 is 1.85 bits per heavy atom. The second-order valence-electron chi connectivity index (χ2n) is 2.78. The molecular weight excluding hydrogens is 220 g/mol. The van der Waals surface area contributed by atoms with Crippen LogP contribution in [0.1, 0.15) is 6.42 Å². The third-order valence-electron chi connectivity index (χ3n) is 1.08. The lowest BCUT2D eigenvalue weighted by Gasteiger charge is -2.27. The normalized spacial score (nSPS) is 14.1. The van der Waals surface area contributed by atoms with Gasteiger partial charge in [-0.1, -0.05) is 0 Å². The molecule has 2 N–H and O–H groups in total. The summed E-state index contributed by atoms with van der Waals surface area (Å²) in [5, 5.41) is 8.32. The SMILES string of the molecule is CS(C)(CCC(=O)O)OS(=O)(=O)O.